The summed E-state index contributed by atoms with van der Waals surface area (Å²) in [6.07, 6.45) is 0.0983. The van der Waals surface area contributed by atoms with E-state index in [2.05, 4.69) is 32.6 Å². The largest absolute Gasteiger partial charge is 0.324 e. The molecule has 0 radical (unpaired) electrons. The SMILES string of the molecule is Cc1ccc(NC(=O)CSC2=C(C#N)[C@H](c3ccc(F)cc3)CC(=O)N2)c(Br)c1. The van der Waals surface area contributed by atoms with Crippen molar-refractivity contribution in [2.45, 2.75) is 19.3 Å². The minimum absolute atomic E-state index is 0.0250. The number of allylic oxidation sites excluding steroid dienone is 1. The fourth-order valence-electron chi connectivity index (χ4n) is 2.96. The van der Waals surface area contributed by atoms with Crippen molar-refractivity contribution in [3.8, 4) is 6.07 Å². The molecule has 2 aromatic carbocycles. The van der Waals surface area contributed by atoms with E-state index in [4.69, 9.17) is 0 Å². The fourth-order valence-corrected chi connectivity index (χ4v) is 4.43. The summed E-state index contributed by atoms with van der Waals surface area (Å²) in [6.45, 7) is 1.95. The van der Waals surface area contributed by atoms with Crippen LogP contribution in [0.3, 0.4) is 0 Å². The van der Waals surface area contributed by atoms with E-state index in [9.17, 15) is 19.2 Å². The summed E-state index contributed by atoms with van der Waals surface area (Å²) < 4.78 is 14.0. The van der Waals surface area contributed by atoms with Gasteiger partial charge in [-0.25, -0.2) is 4.39 Å². The first kappa shape index (κ1) is 21.1. The molecule has 0 unspecified atom stereocenters. The van der Waals surface area contributed by atoms with Crippen LogP contribution in [0, 0.1) is 24.1 Å². The number of nitriles is 1. The Balaban J connectivity index is 1.75. The lowest BCUT2D eigenvalue weighted by atomic mass is 9.87. The van der Waals surface area contributed by atoms with Crippen molar-refractivity contribution in [2.75, 3.05) is 11.1 Å². The van der Waals surface area contributed by atoms with Crippen molar-refractivity contribution in [1.82, 2.24) is 5.32 Å². The molecule has 1 atom stereocenters. The smallest absolute Gasteiger partial charge is 0.234 e. The number of carbonyl (C=O) groups is 2. The van der Waals surface area contributed by atoms with Crippen LogP contribution in [0.1, 0.15) is 23.5 Å². The van der Waals surface area contributed by atoms with Gasteiger partial charge in [-0.05, 0) is 58.2 Å². The summed E-state index contributed by atoms with van der Waals surface area (Å²) in [5.41, 5.74) is 2.76. The van der Waals surface area contributed by atoms with E-state index in [1.54, 1.807) is 18.2 Å². The summed E-state index contributed by atoms with van der Waals surface area (Å²) in [6, 6.07) is 13.5. The maximum absolute atomic E-state index is 13.2. The maximum atomic E-state index is 13.2. The van der Waals surface area contributed by atoms with Gasteiger partial charge in [0.1, 0.15) is 5.82 Å². The number of anilines is 1. The molecule has 3 rings (SSSR count). The third-order valence-electron chi connectivity index (χ3n) is 4.37. The highest BCUT2D eigenvalue weighted by Crippen LogP contribution is 2.36. The van der Waals surface area contributed by atoms with Gasteiger partial charge in [-0.15, -0.1) is 0 Å². The molecule has 0 saturated carbocycles. The minimum atomic E-state index is -0.467. The molecule has 1 heterocycles. The van der Waals surface area contributed by atoms with Gasteiger partial charge >= 0.3 is 0 Å². The van der Waals surface area contributed by atoms with Crippen molar-refractivity contribution >= 4 is 45.2 Å². The third kappa shape index (κ3) is 5.25. The van der Waals surface area contributed by atoms with E-state index >= 15 is 0 Å². The lowest BCUT2D eigenvalue weighted by molar-refractivity contribution is -0.121. The Morgan fingerprint density at radius 3 is 2.72 bits per heavy atom. The van der Waals surface area contributed by atoms with Gasteiger partial charge in [-0.2, -0.15) is 5.26 Å². The van der Waals surface area contributed by atoms with Crippen molar-refractivity contribution in [3.63, 3.8) is 0 Å². The van der Waals surface area contributed by atoms with Crippen LogP contribution in [-0.2, 0) is 9.59 Å². The van der Waals surface area contributed by atoms with Crippen LogP contribution in [0.2, 0.25) is 0 Å². The molecular weight excluding hydrogens is 457 g/mol. The number of thioether (sulfide) groups is 1. The van der Waals surface area contributed by atoms with Gasteiger partial charge in [-0.1, -0.05) is 30.0 Å². The molecule has 0 saturated heterocycles. The van der Waals surface area contributed by atoms with Crippen molar-refractivity contribution < 1.29 is 14.0 Å². The van der Waals surface area contributed by atoms with Crippen molar-refractivity contribution in [1.29, 1.82) is 5.26 Å². The van der Waals surface area contributed by atoms with Gasteiger partial charge in [0.25, 0.3) is 0 Å². The average Bonchev–Trinajstić information content (AvgIpc) is 2.68. The second kappa shape index (κ2) is 9.25. The lowest BCUT2D eigenvalue weighted by Gasteiger charge is -2.25. The summed E-state index contributed by atoms with van der Waals surface area (Å²) in [7, 11) is 0. The number of halogens is 2. The fraction of sp³-hybridized carbons (Fsp3) is 0.190. The Bertz CT molecular complexity index is 1030. The number of aryl methyl sites for hydroxylation is 1. The normalized spacial score (nSPS) is 16.2. The molecule has 0 aromatic heterocycles. The second-order valence-electron chi connectivity index (χ2n) is 6.53. The van der Waals surface area contributed by atoms with Gasteiger partial charge in [0.15, 0.2) is 0 Å². The Morgan fingerprint density at radius 2 is 2.07 bits per heavy atom. The minimum Gasteiger partial charge on any atom is -0.324 e. The summed E-state index contributed by atoms with van der Waals surface area (Å²) >= 11 is 4.51. The monoisotopic (exact) mass is 473 g/mol. The molecule has 1 aliphatic rings. The highest BCUT2D eigenvalue weighted by molar-refractivity contribution is 9.10. The highest BCUT2D eigenvalue weighted by Gasteiger charge is 2.29. The van der Waals surface area contributed by atoms with E-state index in [1.807, 2.05) is 19.1 Å². The predicted molar refractivity (Wildman–Crippen MR) is 115 cm³/mol. The Labute approximate surface area is 180 Å². The third-order valence-corrected chi connectivity index (χ3v) is 6.05. The number of rotatable bonds is 5. The number of carbonyl (C=O) groups excluding carboxylic acids is 2. The Kier molecular flexibility index (Phi) is 6.72. The quantitative estimate of drug-likeness (QED) is 0.664. The zero-order valence-corrected chi connectivity index (χ0v) is 17.9. The van der Waals surface area contributed by atoms with Crippen LogP contribution in [-0.4, -0.2) is 17.6 Å². The number of nitrogens with one attached hydrogen (secondary N) is 2. The number of hydrogen-bond donors (Lipinski definition) is 2. The van der Waals surface area contributed by atoms with Gasteiger partial charge in [-0.3, -0.25) is 9.59 Å². The molecule has 148 valence electrons. The van der Waals surface area contributed by atoms with E-state index in [0.29, 0.717) is 21.9 Å². The van der Waals surface area contributed by atoms with Gasteiger partial charge in [0.05, 0.1) is 28.1 Å². The first-order valence-electron chi connectivity index (χ1n) is 8.75. The summed E-state index contributed by atoms with van der Waals surface area (Å²) in [5, 5.41) is 15.5. The van der Waals surface area contributed by atoms with E-state index in [-0.39, 0.29) is 29.8 Å². The first-order valence-corrected chi connectivity index (χ1v) is 10.5. The maximum Gasteiger partial charge on any atom is 0.234 e. The number of benzene rings is 2. The van der Waals surface area contributed by atoms with Crippen LogP contribution in [0.25, 0.3) is 0 Å². The summed E-state index contributed by atoms with van der Waals surface area (Å²) in [4.78, 5) is 24.5. The van der Waals surface area contributed by atoms with Gasteiger partial charge in [0, 0.05) is 16.8 Å². The van der Waals surface area contributed by atoms with E-state index in [0.717, 1.165) is 21.8 Å². The molecule has 8 heteroatoms. The van der Waals surface area contributed by atoms with Crippen molar-refractivity contribution in [3.05, 3.63) is 74.5 Å². The molecule has 0 fully saturated rings. The number of hydrogen-bond acceptors (Lipinski definition) is 4. The summed E-state index contributed by atoms with van der Waals surface area (Å²) in [5.74, 6) is -1.33. The van der Waals surface area contributed by atoms with Crippen LogP contribution in [0.15, 0.2) is 57.5 Å². The zero-order chi connectivity index (χ0) is 21.0. The molecular formula is C21H17BrFN3O2S. The molecule has 1 aliphatic heterocycles. The van der Waals surface area contributed by atoms with E-state index < -0.39 is 5.92 Å². The predicted octanol–water partition coefficient (Wildman–Crippen LogP) is 4.61. The average molecular weight is 474 g/mol. The van der Waals surface area contributed by atoms with Crippen molar-refractivity contribution in [2.24, 2.45) is 0 Å². The van der Waals surface area contributed by atoms with Crippen LogP contribution < -0.4 is 10.6 Å². The first-order chi connectivity index (χ1) is 13.9. The van der Waals surface area contributed by atoms with E-state index in [1.165, 1.54) is 12.1 Å². The molecule has 2 N–H and O–H groups in total. The molecule has 0 aliphatic carbocycles. The molecule has 29 heavy (non-hydrogen) atoms. The van der Waals surface area contributed by atoms with Gasteiger partial charge < -0.3 is 10.6 Å². The van der Waals surface area contributed by atoms with Gasteiger partial charge in [0.2, 0.25) is 11.8 Å². The second-order valence-corrected chi connectivity index (χ2v) is 8.37. The highest BCUT2D eigenvalue weighted by atomic mass is 79.9. The zero-order valence-electron chi connectivity index (χ0n) is 15.5. The lowest BCUT2D eigenvalue weighted by Crippen LogP contribution is -2.31. The Morgan fingerprint density at radius 1 is 1.34 bits per heavy atom. The van der Waals surface area contributed by atoms with Crippen LogP contribution in [0.5, 0.6) is 0 Å². The molecule has 5 nitrogen and oxygen atoms in total. The molecule has 2 aromatic rings. The van der Waals surface area contributed by atoms with Crippen LogP contribution in [0.4, 0.5) is 10.1 Å². The molecule has 2 amide bonds. The van der Waals surface area contributed by atoms with Crippen LogP contribution >= 0.6 is 27.7 Å². The molecule has 0 spiro atoms. The standard InChI is InChI=1S/C21H17BrFN3O2S/c1-12-2-7-18(17(22)8-12)25-20(28)11-29-21-16(10-24)15(9-19(27)26-21)13-3-5-14(23)6-4-13/h2-8,15H,9,11H2,1H3,(H,25,28)(H,26,27)/t15-/m0/s1. The Hall–Kier alpha value is -2.63. The number of nitrogens with zero attached hydrogens (tertiary/aromatic N) is 1. The number of amides is 2. The topological polar surface area (TPSA) is 82.0 Å². The molecule has 0 bridgehead atoms.